The van der Waals surface area contributed by atoms with E-state index in [-0.39, 0.29) is 11.0 Å². The molecule has 0 radical (unpaired) electrons. The normalized spacial score (nSPS) is 20.5. The van der Waals surface area contributed by atoms with Gasteiger partial charge in [0.2, 0.25) is 0 Å². The maximum Gasteiger partial charge on any atom is 0.151 e. The van der Waals surface area contributed by atoms with Gasteiger partial charge in [-0.3, -0.25) is 0 Å². The predicted molar refractivity (Wildman–Crippen MR) is 87.0 cm³/mol. The lowest BCUT2D eigenvalue weighted by molar-refractivity contribution is 0.415. The Morgan fingerprint density at radius 1 is 1.33 bits per heavy atom. The molecule has 2 heterocycles. The summed E-state index contributed by atoms with van der Waals surface area (Å²) >= 11 is 3.15. The van der Waals surface area contributed by atoms with Gasteiger partial charge in [-0.15, -0.1) is 11.3 Å². The fourth-order valence-electron chi connectivity index (χ4n) is 2.20. The number of ether oxygens (including phenoxy) is 1. The minimum Gasteiger partial charge on any atom is -0.497 e. The van der Waals surface area contributed by atoms with Crippen molar-refractivity contribution >= 4 is 32.9 Å². The molecule has 0 aliphatic carbocycles. The Morgan fingerprint density at radius 3 is 2.71 bits per heavy atom. The van der Waals surface area contributed by atoms with Crippen molar-refractivity contribution in [2.75, 3.05) is 18.6 Å². The first-order chi connectivity index (χ1) is 10.1. The van der Waals surface area contributed by atoms with Crippen molar-refractivity contribution in [2.24, 2.45) is 0 Å². The number of thioether (sulfide) groups is 1. The first-order valence-electron chi connectivity index (χ1n) is 6.53. The quantitative estimate of drug-likeness (QED) is 0.855. The van der Waals surface area contributed by atoms with Crippen LogP contribution in [0.2, 0.25) is 0 Å². The molecule has 21 heavy (non-hydrogen) atoms. The van der Waals surface area contributed by atoms with Crippen molar-refractivity contribution in [3.8, 4) is 17.0 Å². The van der Waals surface area contributed by atoms with E-state index in [1.807, 2.05) is 29.6 Å². The first-order valence-corrected chi connectivity index (χ1v) is 10.1. The zero-order chi connectivity index (χ0) is 14.9. The third-order valence-electron chi connectivity index (χ3n) is 3.33. The molecule has 1 atom stereocenters. The van der Waals surface area contributed by atoms with Crippen LogP contribution in [0.5, 0.6) is 5.75 Å². The van der Waals surface area contributed by atoms with E-state index in [4.69, 9.17) is 4.74 Å². The van der Waals surface area contributed by atoms with E-state index in [0.717, 1.165) is 27.8 Å². The van der Waals surface area contributed by atoms with Crippen LogP contribution in [-0.4, -0.2) is 37.3 Å². The standard InChI is InChI=1S/C14H15NO3S3/c1-18-11-4-2-10(3-5-11)13-8-19-14(15-13)20-12-6-7-21(16,17)9-12/h2-5,8,12H,6-7,9H2,1H3/t12-/m1/s1. The highest BCUT2D eigenvalue weighted by molar-refractivity contribution is 8.03. The summed E-state index contributed by atoms with van der Waals surface area (Å²) in [6, 6.07) is 7.76. The highest BCUT2D eigenvalue weighted by atomic mass is 32.2. The van der Waals surface area contributed by atoms with E-state index in [9.17, 15) is 8.42 Å². The number of rotatable bonds is 4. The van der Waals surface area contributed by atoms with Crippen molar-refractivity contribution in [1.82, 2.24) is 4.98 Å². The molecule has 0 N–H and O–H groups in total. The summed E-state index contributed by atoms with van der Waals surface area (Å²) in [4.78, 5) is 4.59. The molecule has 4 nitrogen and oxygen atoms in total. The fraction of sp³-hybridized carbons (Fsp3) is 0.357. The fourth-order valence-corrected chi connectivity index (χ4v) is 6.79. The highest BCUT2D eigenvalue weighted by Crippen LogP contribution is 2.35. The van der Waals surface area contributed by atoms with Crippen molar-refractivity contribution < 1.29 is 13.2 Å². The third-order valence-corrected chi connectivity index (χ3v) is 7.55. The topological polar surface area (TPSA) is 56.3 Å². The van der Waals surface area contributed by atoms with Crippen molar-refractivity contribution in [1.29, 1.82) is 0 Å². The lowest BCUT2D eigenvalue weighted by Gasteiger charge is -2.03. The molecule has 0 unspecified atom stereocenters. The molecule has 0 amide bonds. The number of thiazole rings is 1. The molecule has 1 aromatic heterocycles. The number of hydrogen-bond donors (Lipinski definition) is 0. The second-order valence-corrected chi connectivity index (χ2v) is 9.50. The van der Waals surface area contributed by atoms with Crippen LogP contribution in [0, 0.1) is 0 Å². The summed E-state index contributed by atoms with van der Waals surface area (Å²) in [5, 5.41) is 2.15. The summed E-state index contributed by atoms with van der Waals surface area (Å²) in [6.07, 6.45) is 0.727. The highest BCUT2D eigenvalue weighted by Gasteiger charge is 2.29. The van der Waals surface area contributed by atoms with E-state index in [0.29, 0.717) is 5.75 Å². The molecule has 0 spiro atoms. The van der Waals surface area contributed by atoms with Crippen molar-refractivity contribution in [3.63, 3.8) is 0 Å². The van der Waals surface area contributed by atoms with Gasteiger partial charge in [0, 0.05) is 16.2 Å². The maximum absolute atomic E-state index is 11.5. The van der Waals surface area contributed by atoms with Crippen LogP contribution in [0.1, 0.15) is 6.42 Å². The van der Waals surface area contributed by atoms with E-state index < -0.39 is 9.84 Å². The SMILES string of the molecule is COc1ccc(-c2csc(S[C@@H]3CCS(=O)(=O)C3)n2)cc1. The molecule has 112 valence electrons. The first kappa shape index (κ1) is 14.9. The summed E-state index contributed by atoms with van der Waals surface area (Å²) in [5.74, 6) is 1.40. The predicted octanol–water partition coefficient (Wildman–Crippen LogP) is 3.10. The van der Waals surface area contributed by atoms with Crippen LogP contribution in [0.15, 0.2) is 34.0 Å². The third kappa shape index (κ3) is 3.59. The minimum absolute atomic E-state index is 0.143. The van der Waals surface area contributed by atoms with Crippen LogP contribution in [0.4, 0.5) is 0 Å². The van der Waals surface area contributed by atoms with E-state index in [1.165, 1.54) is 0 Å². The Kier molecular flexibility index (Phi) is 4.24. The number of aromatic nitrogens is 1. The van der Waals surface area contributed by atoms with Gasteiger partial charge in [0.15, 0.2) is 14.2 Å². The molecule has 3 rings (SSSR count). The van der Waals surface area contributed by atoms with Gasteiger partial charge in [-0.25, -0.2) is 13.4 Å². The Balaban J connectivity index is 1.71. The minimum atomic E-state index is -2.83. The lowest BCUT2D eigenvalue weighted by Crippen LogP contribution is -2.05. The molecular formula is C14H15NO3S3. The second kappa shape index (κ2) is 5.98. The number of hydrogen-bond acceptors (Lipinski definition) is 6. The Labute approximate surface area is 132 Å². The van der Waals surface area contributed by atoms with Crippen LogP contribution < -0.4 is 4.74 Å². The number of nitrogens with zero attached hydrogens (tertiary/aromatic N) is 1. The average Bonchev–Trinajstić information content (AvgIpc) is 3.06. The second-order valence-electron chi connectivity index (χ2n) is 4.87. The van der Waals surface area contributed by atoms with Gasteiger partial charge < -0.3 is 4.74 Å². The molecule has 1 aliphatic rings. The van der Waals surface area contributed by atoms with Gasteiger partial charge in [-0.2, -0.15) is 0 Å². The van der Waals surface area contributed by atoms with E-state index >= 15 is 0 Å². The summed E-state index contributed by atoms with van der Waals surface area (Å²) in [7, 11) is -1.19. The number of sulfone groups is 1. The van der Waals surface area contributed by atoms with Gasteiger partial charge in [-0.1, -0.05) is 11.8 Å². The Bertz CT molecular complexity index is 722. The summed E-state index contributed by atoms with van der Waals surface area (Å²) in [6.45, 7) is 0. The molecule has 1 saturated heterocycles. The molecule has 1 aliphatic heterocycles. The van der Waals surface area contributed by atoms with Crippen LogP contribution in [0.3, 0.4) is 0 Å². The zero-order valence-corrected chi connectivity index (χ0v) is 13.9. The molecule has 1 aromatic carbocycles. The molecule has 1 fully saturated rings. The zero-order valence-electron chi connectivity index (χ0n) is 11.5. The van der Waals surface area contributed by atoms with Gasteiger partial charge >= 0.3 is 0 Å². The molecule has 0 bridgehead atoms. The van der Waals surface area contributed by atoms with Gasteiger partial charge in [0.05, 0.1) is 24.3 Å². The number of methoxy groups -OCH3 is 1. The lowest BCUT2D eigenvalue weighted by atomic mass is 10.2. The van der Waals surface area contributed by atoms with Gasteiger partial charge in [0.1, 0.15) is 5.75 Å². The summed E-state index contributed by atoms with van der Waals surface area (Å²) in [5.41, 5.74) is 1.96. The molecule has 0 saturated carbocycles. The summed E-state index contributed by atoms with van der Waals surface area (Å²) < 4.78 is 29.0. The van der Waals surface area contributed by atoms with Crippen LogP contribution in [-0.2, 0) is 9.84 Å². The number of benzene rings is 1. The molecule has 7 heteroatoms. The maximum atomic E-state index is 11.5. The van der Waals surface area contributed by atoms with Gasteiger partial charge in [0.25, 0.3) is 0 Å². The smallest absolute Gasteiger partial charge is 0.151 e. The van der Waals surface area contributed by atoms with Gasteiger partial charge in [-0.05, 0) is 30.7 Å². The van der Waals surface area contributed by atoms with E-state index in [2.05, 4.69) is 4.98 Å². The van der Waals surface area contributed by atoms with Crippen LogP contribution >= 0.6 is 23.1 Å². The van der Waals surface area contributed by atoms with Crippen molar-refractivity contribution in [3.05, 3.63) is 29.6 Å². The van der Waals surface area contributed by atoms with Crippen molar-refractivity contribution in [2.45, 2.75) is 16.0 Å². The largest absolute Gasteiger partial charge is 0.497 e. The Morgan fingerprint density at radius 2 is 2.10 bits per heavy atom. The monoisotopic (exact) mass is 341 g/mol. The molecular weight excluding hydrogens is 326 g/mol. The Hall–Kier alpha value is -1.05. The van der Waals surface area contributed by atoms with Crippen LogP contribution in [0.25, 0.3) is 11.3 Å². The molecule has 2 aromatic rings. The average molecular weight is 341 g/mol. The van der Waals surface area contributed by atoms with E-state index in [1.54, 1.807) is 30.2 Å².